The lowest BCUT2D eigenvalue weighted by Crippen LogP contribution is -2.02. The molecule has 7 nitrogen and oxygen atoms in total. The quantitative estimate of drug-likeness (QED) is 0.354. The van der Waals surface area contributed by atoms with Crippen molar-refractivity contribution < 1.29 is 4.74 Å². The Kier molecular flexibility index (Phi) is 5.94. The Bertz CT molecular complexity index is 961. The number of ether oxygens (including phenoxy) is 1. The molecular formula is C19H20N6OS. The summed E-state index contributed by atoms with van der Waals surface area (Å²) < 4.78 is 5.70. The van der Waals surface area contributed by atoms with Crippen LogP contribution in [0.4, 0.5) is 17.3 Å². The highest BCUT2D eigenvalue weighted by Crippen LogP contribution is 2.33. The average molecular weight is 380 g/mol. The Balaban J connectivity index is 1.65. The number of pyridine rings is 2. The minimum Gasteiger partial charge on any atom is -0.491 e. The van der Waals surface area contributed by atoms with Gasteiger partial charge in [0.05, 0.1) is 19.4 Å². The van der Waals surface area contributed by atoms with Crippen LogP contribution < -0.4 is 10.1 Å². The van der Waals surface area contributed by atoms with E-state index in [0.29, 0.717) is 34.7 Å². The van der Waals surface area contributed by atoms with E-state index in [1.165, 1.54) is 11.8 Å². The third-order valence-electron chi connectivity index (χ3n) is 3.70. The largest absolute Gasteiger partial charge is 0.491 e. The summed E-state index contributed by atoms with van der Waals surface area (Å²) >= 11 is 1.50. The SMILES string of the molecule is [C-]#[N+]c1c(C)cc(Nc2cc(C)[nH]n2)nc1SCCOc1ccc(C)nc1. The van der Waals surface area contributed by atoms with Crippen LogP contribution in [0.2, 0.25) is 0 Å². The van der Waals surface area contributed by atoms with Gasteiger partial charge in [-0.25, -0.2) is 9.83 Å². The minimum absolute atomic E-state index is 0.504. The molecule has 2 N–H and O–H groups in total. The Morgan fingerprint density at radius 1 is 1.22 bits per heavy atom. The number of aromatic nitrogens is 4. The maximum Gasteiger partial charge on any atom is 0.221 e. The molecule has 0 unspecified atom stereocenters. The molecule has 0 fully saturated rings. The lowest BCUT2D eigenvalue weighted by Gasteiger charge is -2.10. The summed E-state index contributed by atoms with van der Waals surface area (Å²) in [6.07, 6.45) is 1.71. The van der Waals surface area contributed by atoms with Crippen molar-refractivity contribution in [1.82, 2.24) is 20.2 Å². The van der Waals surface area contributed by atoms with E-state index >= 15 is 0 Å². The fraction of sp³-hybridized carbons (Fsp3) is 0.263. The summed E-state index contributed by atoms with van der Waals surface area (Å²) in [5.41, 5.74) is 3.36. The number of H-pyrrole nitrogens is 1. The number of rotatable bonds is 7. The van der Waals surface area contributed by atoms with Gasteiger partial charge in [0.1, 0.15) is 16.6 Å². The van der Waals surface area contributed by atoms with Crippen LogP contribution in [0.3, 0.4) is 0 Å². The smallest absolute Gasteiger partial charge is 0.221 e. The van der Waals surface area contributed by atoms with Gasteiger partial charge in [-0.1, -0.05) is 0 Å². The van der Waals surface area contributed by atoms with Gasteiger partial charge in [-0.05, 0) is 44.5 Å². The number of thioether (sulfide) groups is 1. The van der Waals surface area contributed by atoms with Gasteiger partial charge in [0.2, 0.25) is 5.69 Å². The first-order valence-electron chi connectivity index (χ1n) is 8.41. The molecule has 0 aliphatic rings. The fourth-order valence-electron chi connectivity index (χ4n) is 2.39. The van der Waals surface area contributed by atoms with Crippen LogP contribution in [0, 0.1) is 27.3 Å². The van der Waals surface area contributed by atoms with E-state index in [1.807, 2.05) is 45.0 Å². The van der Waals surface area contributed by atoms with Gasteiger partial charge in [-0.15, -0.1) is 11.8 Å². The van der Waals surface area contributed by atoms with E-state index < -0.39 is 0 Å². The van der Waals surface area contributed by atoms with Crippen molar-refractivity contribution in [1.29, 1.82) is 0 Å². The maximum atomic E-state index is 7.45. The highest BCUT2D eigenvalue weighted by atomic mass is 32.2. The van der Waals surface area contributed by atoms with Gasteiger partial charge in [0, 0.05) is 23.2 Å². The number of hydrogen-bond donors (Lipinski definition) is 2. The number of hydrogen-bond acceptors (Lipinski definition) is 6. The van der Waals surface area contributed by atoms with Crippen LogP contribution >= 0.6 is 11.8 Å². The van der Waals surface area contributed by atoms with Crippen molar-refractivity contribution in [2.45, 2.75) is 25.8 Å². The molecule has 3 aromatic rings. The summed E-state index contributed by atoms with van der Waals surface area (Å²) in [4.78, 5) is 12.4. The molecule has 0 aliphatic heterocycles. The molecule has 0 aromatic carbocycles. The van der Waals surface area contributed by atoms with Crippen LogP contribution in [-0.2, 0) is 0 Å². The molecule has 8 heteroatoms. The summed E-state index contributed by atoms with van der Waals surface area (Å²) in [7, 11) is 0. The monoisotopic (exact) mass is 380 g/mol. The molecule has 3 aromatic heterocycles. The first kappa shape index (κ1) is 18.7. The summed E-state index contributed by atoms with van der Waals surface area (Å²) in [5.74, 6) is 2.77. The van der Waals surface area contributed by atoms with Crippen LogP contribution in [0.5, 0.6) is 5.75 Å². The van der Waals surface area contributed by atoms with E-state index in [2.05, 4.69) is 30.3 Å². The number of anilines is 2. The molecule has 0 amide bonds. The fourth-order valence-corrected chi connectivity index (χ4v) is 3.25. The van der Waals surface area contributed by atoms with Crippen molar-refractivity contribution >= 4 is 29.1 Å². The zero-order chi connectivity index (χ0) is 19.2. The van der Waals surface area contributed by atoms with Crippen LogP contribution in [0.1, 0.15) is 17.0 Å². The second kappa shape index (κ2) is 8.56. The van der Waals surface area contributed by atoms with Crippen molar-refractivity contribution in [3.63, 3.8) is 0 Å². The van der Waals surface area contributed by atoms with Gasteiger partial charge in [0.15, 0.2) is 5.82 Å². The van der Waals surface area contributed by atoms with Gasteiger partial charge in [0.25, 0.3) is 0 Å². The number of aryl methyl sites for hydroxylation is 3. The second-order valence-electron chi connectivity index (χ2n) is 5.98. The molecule has 27 heavy (non-hydrogen) atoms. The first-order valence-corrected chi connectivity index (χ1v) is 9.40. The Labute approximate surface area is 162 Å². The summed E-state index contributed by atoms with van der Waals surface area (Å²) in [6, 6.07) is 7.57. The molecule has 0 saturated carbocycles. The van der Waals surface area contributed by atoms with Gasteiger partial charge in [-0.3, -0.25) is 10.1 Å². The lowest BCUT2D eigenvalue weighted by molar-refractivity contribution is 0.342. The molecule has 0 spiro atoms. The first-order chi connectivity index (χ1) is 13.0. The third kappa shape index (κ3) is 4.99. The molecule has 138 valence electrons. The van der Waals surface area contributed by atoms with Crippen molar-refractivity contribution in [2.24, 2.45) is 0 Å². The topological polar surface area (TPSA) is 80.1 Å². The van der Waals surface area contributed by atoms with Gasteiger partial charge >= 0.3 is 0 Å². The van der Waals surface area contributed by atoms with Crippen molar-refractivity contribution in [3.05, 3.63) is 58.8 Å². The summed E-state index contributed by atoms with van der Waals surface area (Å²) in [6.45, 7) is 13.7. The average Bonchev–Trinajstić information content (AvgIpc) is 3.05. The van der Waals surface area contributed by atoms with E-state index in [1.54, 1.807) is 6.20 Å². The second-order valence-corrected chi connectivity index (χ2v) is 7.07. The lowest BCUT2D eigenvalue weighted by atomic mass is 10.2. The predicted molar refractivity (Wildman–Crippen MR) is 107 cm³/mol. The number of aromatic amines is 1. The minimum atomic E-state index is 0.504. The highest BCUT2D eigenvalue weighted by Gasteiger charge is 2.12. The molecule has 3 heterocycles. The van der Waals surface area contributed by atoms with Gasteiger partial charge in [-0.2, -0.15) is 5.10 Å². The Morgan fingerprint density at radius 3 is 2.74 bits per heavy atom. The van der Waals surface area contributed by atoms with E-state index in [-0.39, 0.29) is 0 Å². The number of nitrogens with one attached hydrogen (secondary N) is 2. The zero-order valence-corrected chi connectivity index (χ0v) is 16.2. The Hall–Kier alpha value is -3.05. The molecule has 3 rings (SSSR count). The van der Waals surface area contributed by atoms with Crippen LogP contribution in [-0.4, -0.2) is 32.5 Å². The van der Waals surface area contributed by atoms with E-state index in [4.69, 9.17) is 11.3 Å². The zero-order valence-electron chi connectivity index (χ0n) is 15.4. The molecule has 0 atom stereocenters. The number of nitrogens with zero attached hydrogens (tertiary/aromatic N) is 4. The van der Waals surface area contributed by atoms with Crippen LogP contribution in [0.25, 0.3) is 4.85 Å². The van der Waals surface area contributed by atoms with E-state index in [9.17, 15) is 0 Å². The predicted octanol–water partition coefficient (Wildman–Crippen LogP) is 4.59. The van der Waals surface area contributed by atoms with Crippen molar-refractivity contribution in [2.75, 3.05) is 17.7 Å². The third-order valence-corrected chi connectivity index (χ3v) is 4.63. The molecule has 0 aliphatic carbocycles. The summed E-state index contributed by atoms with van der Waals surface area (Å²) in [5, 5.41) is 10.9. The van der Waals surface area contributed by atoms with Gasteiger partial charge < -0.3 is 10.1 Å². The molecule has 0 radical (unpaired) electrons. The molecule has 0 bridgehead atoms. The normalized spacial score (nSPS) is 10.4. The molecule has 0 saturated heterocycles. The van der Waals surface area contributed by atoms with Crippen molar-refractivity contribution in [3.8, 4) is 5.75 Å². The standard InChI is InChI=1S/C19H20N6OS/c1-12-9-16(22-17-10-14(3)24-25-17)23-19(18(12)20-4)27-8-7-26-15-6-5-13(2)21-11-15/h5-6,9-11H,7-8H2,1-3H3,(H2,22,23,24,25). The maximum absolute atomic E-state index is 7.45. The van der Waals surface area contributed by atoms with Crippen LogP contribution in [0.15, 0.2) is 35.5 Å². The molecular weight excluding hydrogens is 360 g/mol. The highest BCUT2D eigenvalue weighted by molar-refractivity contribution is 7.99. The van der Waals surface area contributed by atoms with E-state index in [0.717, 1.165) is 22.7 Å². The Morgan fingerprint density at radius 2 is 2.07 bits per heavy atom.